The van der Waals surface area contributed by atoms with E-state index in [9.17, 15) is 0 Å². The summed E-state index contributed by atoms with van der Waals surface area (Å²) in [6.45, 7) is 2.15. The molecule has 1 atom stereocenters. The first-order valence-electron chi connectivity index (χ1n) is 11.1. The Hall–Kier alpha value is -3.16. The first-order valence-corrected chi connectivity index (χ1v) is 11.1. The molecule has 8 rings (SSSR count). The molecule has 0 aromatic heterocycles. The summed E-state index contributed by atoms with van der Waals surface area (Å²) >= 11 is 0. The van der Waals surface area contributed by atoms with Crippen molar-refractivity contribution in [3.05, 3.63) is 107 Å². The maximum absolute atomic E-state index is 3.55. The van der Waals surface area contributed by atoms with E-state index in [-0.39, 0.29) is 0 Å². The van der Waals surface area contributed by atoms with E-state index in [4.69, 9.17) is 0 Å². The summed E-state index contributed by atoms with van der Waals surface area (Å²) in [5, 5.41) is 11.6. The van der Waals surface area contributed by atoms with Gasteiger partial charge in [-0.3, -0.25) is 0 Å². The van der Waals surface area contributed by atoms with Crippen LogP contribution in [0.1, 0.15) is 33.7 Å². The standard InChI is InChI=1S/C29H23N/c1-2-4-22-18(3-1)5-10-25-23-9-6-20(15-19(23)7-11-24(22)25)28-16-21-8-12-26(28)27-13-14-30-17-29(21)27/h1-12,15,28,30H,13-14,16-17H2. The van der Waals surface area contributed by atoms with Crippen LogP contribution < -0.4 is 5.32 Å². The smallest absolute Gasteiger partial charge is 0.0211 e. The number of rotatable bonds is 1. The van der Waals surface area contributed by atoms with Crippen LogP contribution in [0.25, 0.3) is 32.3 Å². The largest absolute Gasteiger partial charge is 0.312 e. The van der Waals surface area contributed by atoms with Gasteiger partial charge in [-0.15, -0.1) is 0 Å². The fraction of sp³-hybridized carbons (Fsp3) is 0.172. The Kier molecular flexibility index (Phi) is 3.42. The van der Waals surface area contributed by atoms with E-state index in [2.05, 4.69) is 84.2 Å². The molecule has 3 aliphatic rings. The van der Waals surface area contributed by atoms with Gasteiger partial charge in [0.2, 0.25) is 0 Å². The summed E-state index contributed by atoms with van der Waals surface area (Å²) in [6, 6.07) is 29.8. The van der Waals surface area contributed by atoms with Crippen LogP contribution >= 0.6 is 0 Å². The van der Waals surface area contributed by atoms with E-state index in [0.717, 1.165) is 19.5 Å². The topological polar surface area (TPSA) is 12.0 Å². The average Bonchev–Trinajstić information content (AvgIpc) is 2.83. The van der Waals surface area contributed by atoms with Gasteiger partial charge in [0.05, 0.1) is 0 Å². The van der Waals surface area contributed by atoms with Crippen molar-refractivity contribution in [3.63, 3.8) is 0 Å². The fourth-order valence-electron chi connectivity index (χ4n) is 5.91. The first kappa shape index (κ1) is 16.6. The molecule has 1 N–H and O–H groups in total. The van der Waals surface area contributed by atoms with E-state index in [0.29, 0.717) is 5.92 Å². The van der Waals surface area contributed by atoms with E-state index in [1.165, 1.54) is 44.3 Å². The summed E-state index contributed by atoms with van der Waals surface area (Å²) in [4.78, 5) is 0. The number of hydrogen-bond acceptors (Lipinski definition) is 1. The van der Waals surface area contributed by atoms with Crippen molar-refractivity contribution >= 4 is 32.3 Å². The summed E-state index contributed by atoms with van der Waals surface area (Å²) in [6.07, 6.45) is 2.32. The van der Waals surface area contributed by atoms with Gasteiger partial charge in [-0.05, 0) is 79.5 Å². The number of hydrogen-bond donors (Lipinski definition) is 1. The third-order valence-electron chi connectivity index (χ3n) is 7.39. The van der Waals surface area contributed by atoms with Crippen LogP contribution in [0.15, 0.2) is 78.9 Å². The van der Waals surface area contributed by atoms with Gasteiger partial charge < -0.3 is 5.32 Å². The van der Waals surface area contributed by atoms with E-state index < -0.39 is 0 Å². The van der Waals surface area contributed by atoms with Gasteiger partial charge in [-0.1, -0.05) is 78.9 Å². The Morgan fingerprint density at radius 3 is 2.40 bits per heavy atom. The summed E-state index contributed by atoms with van der Waals surface area (Å²) < 4.78 is 0. The lowest BCUT2D eigenvalue weighted by molar-refractivity contribution is 0.606. The Labute approximate surface area is 176 Å². The minimum absolute atomic E-state index is 0.513. The van der Waals surface area contributed by atoms with Crippen molar-refractivity contribution in [2.45, 2.75) is 25.3 Å². The molecular weight excluding hydrogens is 362 g/mol. The summed E-state index contributed by atoms with van der Waals surface area (Å²) in [5.74, 6) is 0.513. The van der Waals surface area contributed by atoms with Crippen LogP contribution in [0.2, 0.25) is 0 Å². The quantitative estimate of drug-likeness (QED) is 0.326. The SMILES string of the molecule is c1ccc2c(c1)ccc1c3ccc(C4Cc5ccc4c4c5CNCC4)cc3ccc21. The zero-order valence-corrected chi connectivity index (χ0v) is 16.9. The van der Waals surface area contributed by atoms with Crippen molar-refractivity contribution in [3.8, 4) is 0 Å². The van der Waals surface area contributed by atoms with Gasteiger partial charge in [0.15, 0.2) is 0 Å². The highest BCUT2D eigenvalue weighted by atomic mass is 14.9. The van der Waals surface area contributed by atoms with Gasteiger partial charge >= 0.3 is 0 Å². The van der Waals surface area contributed by atoms with Gasteiger partial charge in [-0.25, -0.2) is 0 Å². The molecule has 144 valence electrons. The molecule has 0 saturated heterocycles. The molecule has 1 heterocycles. The fourth-order valence-corrected chi connectivity index (χ4v) is 5.91. The van der Waals surface area contributed by atoms with Gasteiger partial charge in [0, 0.05) is 12.5 Å². The minimum Gasteiger partial charge on any atom is -0.312 e. The lowest BCUT2D eigenvalue weighted by Crippen LogP contribution is -2.29. The Morgan fingerprint density at radius 2 is 1.47 bits per heavy atom. The zero-order chi connectivity index (χ0) is 19.7. The van der Waals surface area contributed by atoms with Crippen LogP contribution in [0, 0.1) is 0 Å². The van der Waals surface area contributed by atoms with Crippen LogP contribution in [-0.2, 0) is 19.4 Å². The van der Waals surface area contributed by atoms with E-state index in [1.54, 1.807) is 22.3 Å². The Bertz CT molecular complexity index is 1480. The Balaban J connectivity index is 1.40. The highest BCUT2D eigenvalue weighted by Crippen LogP contribution is 2.42. The molecular formula is C29H23N. The van der Waals surface area contributed by atoms with Crippen LogP contribution in [0.5, 0.6) is 0 Å². The molecule has 1 nitrogen and oxygen atoms in total. The molecule has 5 aromatic carbocycles. The predicted molar refractivity (Wildman–Crippen MR) is 126 cm³/mol. The number of nitrogens with one attached hydrogen (secondary N) is 1. The monoisotopic (exact) mass is 385 g/mol. The number of benzene rings is 5. The van der Waals surface area contributed by atoms with Gasteiger partial charge in [0.25, 0.3) is 0 Å². The molecule has 0 fully saturated rings. The summed E-state index contributed by atoms with van der Waals surface area (Å²) in [7, 11) is 0. The highest BCUT2D eigenvalue weighted by Gasteiger charge is 2.29. The molecule has 2 aliphatic carbocycles. The second-order valence-corrected chi connectivity index (χ2v) is 8.88. The average molecular weight is 386 g/mol. The number of fused-ring (bicyclic) bond motifs is 7. The molecule has 2 bridgehead atoms. The minimum atomic E-state index is 0.513. The molecule has 5 aromatic rings. The van der Waals surface area contributed by atoms with Crippen LogP contribution in [-0.4, -0.2) is 6.54 Å². The highest BCUT2D eigenvalue weighted by molar-refractivity contribution is 6.17. The van der Waals surface area contributed by atoms with Crippen molar-refractivity contribution in [1.82, 2.24) is 5.32 Å². The molecule has 30 heavy (non-hydrogen) atoms. The molecule has 0 spiro atoms. The molecule has 1 aliphatic heterocycles. The lowest BCUT2D eigenvalue weighted by Gasteiger charge is -2.34. The normalized spacial score (nSPS) is 17.7. The van der Waals surface area contributed by atoms with Gasteiger partial charge in [0.1, 0.15) is 0 Å². The first-order chi connectivity index (χ1) is 14.9. The van der Waals surface area contributed by atoms with Crippen molar-refractivity contribution in [2.24, 2.45) is 0 Å². The van der Waals surface area contributed by atoms with Crippen LogP contribution in [0.3, 0.4) is 0 Å². The maximum atomic E-state index is 3.55. The van der Waals surface area contributed by atoms with Crippen molar-refractivity contribution in [2.75, 3.05) is 6.54 Å². The molecule has 0 amide bonds. The lowest BCUT2D eigenvalue weighted by atomic mass is 9.73. The second kappa shape index (κ2) is 6.17. The van der Waals surface area contributed by atoms with Crippen LogP contribution in [0.4, 0.5) is 0 Å². The van der Waals surface area contributed by atoms with E-state index >= 15 is 0 Å². The third kappa shape index (κ3) is 2.27. The predicted octanol–water partition coefficient (Wildman–Crippen LogP) is 6.48. The maximum Gasteiger partial charge on any atom is 0.0211 e. The molecule has 0 saturated carbocycles. The Morgan fingerprint density at radius 1 is 0.667 bits per heavy atom. The second-order valence-electron chi connectivity index (χ2n) is 8.88. The molecule has 1 unspecified atom stereocenters. The van der Waals surface area contributed by atoms with Gasteiger partial charge in [-0.2, -0.15) is 0 Å². The third-order valence-corrected chi connectivity index (χ3v) is 7.39. The molecule has 1 heteroatoms. The van der Waals surface area contributed by atoms with E-state index in [1.807, 2.05) is 0 Å². The van der Waals surface area contributed by atoms with Crippen molar-refractivity contribution < 1.29 is 0 Å². The summed E-state index contributed by atoms with van der Waals surface area (Å²) in [5.41, 5.74) is 7.76. The van der Waals surface area contributed by atoms with Crippen molar-refractivity contribution in [1.29, 1.82) is 0 Å². The molecule has 0 radical (unpaired) electrons. The zero-order valence-electron chi connectivity index (χ0n) is 16.9.